The molecule has 0 saturated heterocycles. The van der Waals surface area contributed by atoms with E-state index >= 15 is 0 Å². The zero-order chi connectivity index (χ0) is 41.4. The van der Waals surface area contributed by atoms with Crippen LogP contribution in [0.4, 0.5) is 5.69 Å². The highest BCUT2D eigenvalue weighted by Gasteiger charge is 2.47. The summed E-state index contributed by atoms with van der Waals surface area (Å²) in [7, 11) is 1.04. The van der Waals surface area contributed by atoms with E-state index in [0.717, 1.165) is 14.0 Å². The van der Waals surface area contributed by atoms with Gasteiger partial charge >= 0.3 is 11.9 Å². The number of methoxy groups -OCH3 is 1. The Hall–Kier alpha value is -5.09. The summed E-state index contributed by atoms with van der Waals surface area (Å²) in [4.78, 5) is 66.4. The van der Waals surface area contributed by atoms with Crippen LogP contribution in [0, 0.1) is 30.6 Å². The second kappa shape index (κ2) is 16.3. The molecule has 1 aromatic rings. The van der Waals surface area contributed by atoms with E-state index in [-0.39, 0.29) is 61.9 Å². The van der Waals surface area contributed by atoms with Gasteiger partial charge in [-0.25, -0.2) is 0 Å². The number of phenolic OH excluding ortho intramolecular Hbond substituents is 1. The Balaban J connectivity index is 2.07. The first-order chi connectivity index (χ1) is 25.6. The Morgan fingerprint density at radius 3 is 2.16 bits per heavy atom. The van der Waals surface area contributed by atoms with Crippen LogP contribution >= 0.6 is 0 Å². The van der Waals surface area contributed by atoms with E-state index in [2.05, 4.69) is 5.32 Å². The molecule has 0 aromatic heterocycles. The summed E-state index contributed by atoms with van der Waals surface area (Å²) in [6, 6.07) is 0. The number of nitrogens with one attached hydrogen (secondary N) is 1. The molecule has 15 nitrogen and oxygen atoms in total. The minimum Gasteiger partial charge on any atom is -0.505 e. The number of rotatable bonds is 2. The molecule has 298 valence electrons. The van der Waals surface area contributed by atoms with Gasteiger partial charge in [-0.3, -0.25) is 24.0 Å². The van der Waals surface area contributed by atoms with Crippen LogP contribution in [0.25, 0.3) is 5.57 Å². The van der Waals surface area contributed by atoms with Crippen LogP contribution in [0.2, 0.25) is 0 Å². The molecule has 0 spiro atoms. The lowest BCUT2D eigenvalue weighted by Gasteiger charge is -2.38. The molecule has 0 radical (unpaired) electrons. The molecule has 0 unspecified atom stereocenters. The van der Waals surface area contributed by atoms with Crippen molar-refractivity contribution in [2.75, 3.05) is 19.2 Å². The molecular weight excluding hydrogens is 718 g/mol. The van der Waals surface area contributed by atoms with Crippen molar-refractivity contribution in [3.63, 3.8) is 0 Å². The Kier molecular flexibility index (Phi) is 12.7. The smallest absolute Gasteiger partial charge is 0.313 e. The molecule has 1 aliphatic carbocycles. The number of carbonyl (C=O) groups excluding carboxylic acids is 5. The number of hydrogen-bond acceptors (Lipinski definition) is 14. The Morgan fingerprint density at radius 2 is 1.56 bits per heavy atom. The average Bonchev–Trinajstić information content (AvgIpc) is 3.13. The van der Waals surface area contributed by atoms with Crippen molar-refractivity contribution >= 4 is 40.7 Å². The number of Topliss-reactive ketones (excluding diaryl/α,β-unsaturated/α-hetero) is 2. The molecule has 3 aliphatic heterocycles. The summed E-state index contributed by atoms with van der Waals surface area (Å²) in [5.41, 5.74) is -2.46. The minimum atomic E-state index is -2.19. The number of esters is 2. The van der Waals surface area contributed by atoms with Gasteiger partial charge < -0.3 is 49.8 Å². The number of fused-ring (bicyclic) bond motifs is 14. The lowest BCUT2D eigenvalue weighted by atomic mass is 9.75. The van der Waals surface area contributed by atoms with Gasteiger partial charge in [-0.05, 0) is 46.3 Å². The van der Waals surface area contributed by atoms with Gasteiger partial charge in [-0.15, -0.1) is 0 Å². The normalized spacial score (nSPS) is 32.0. The molecule has 0 fully saturated rings. The molecule has 3 heterocycles. The lowest BCUT2D eigenvalue weighted by molar-refractivity contribution is -0.166. The van der Waals surface area contributed by atoms with Crippen molar-refractivity contribution in [3.8, 4) is 11.5 Å². The first-order valence-corrected chi connectivity index (χ1v) is 17.7. The number of amides is 1. The summed E-state index contributed by atoms with van der Waals surface area (Å²) >= 11 is 0. The molecule has 1 aromatic carbocycles. The highest BCUT2D eigenvalue weighted by atomic mass is 16.7. The second-order valence-corrected chi connectivity index (χ2v) is 14.5. The first kappa shape index (κ1) is 42.6. The third kappa shape index (κ3) is 8.01. The molecule has 4 aliphatic rings. The number of hydrogen-bond donors (Lipinski definition) is 6. The van der Waals surface area contributed by atoms with E-state index in [1.807, 2.05) is 0 Å². The molecule has 55 heavy (non-hydrogen) atoms. The van der Waals surface area contributed by atoms with Gasteiger partial charge in [0.25, 0.3) is 5.91 Å². The van der Waals surface area contributed by atoms with Gasteiger partial charge in [0, 0.05) is 47.0 Å². The summed E-state index contributed by atoms with van der Waals surface area (Å²) in [5, 5.41) is 60.4. The van der Waals surface area contributed by atoms with Crippen molar-refractivity contribution in [2.45, 2.75) is 86.2 Å². The number of anilines is 1. The molecule has 15 heteroatoms. The first-order valence-electron chi connectivity index (χ1n) is 17.7. The SMILES string of the molecule is COC(=O)[C@H]1[C@H](O)[C@H](C)[C@@H](O)[C@](C)(O)/C=C(\C)C2=C3C(=C(C)C(=O)c4c(O)c(c(C)c(OC(C)=O)c43)NC(=O)/C(C)=C/C=C\[C@H](C)C(=O)[C@@H](C)[C@H]1O)OCO2. The van der Waals surface area contributed by atoms with Crippen LogP contribution in [0.5, 0.6) is 11.5 Å². The number of aliphatic hydroxyl groups excluding tert-OH is 3. The van der Waals surface area contributed by atoms with Crippen molar-refractivity contribution < 1.29 is 68.5 Å². The van der Waals surface area contributed by atoms with Crippen LogP contribution in [0.1, 0.15) is 76.9 Å². The standard InChI is InChI=1S/C40H49NO14/c1-16-12-11-13-17(2)38(49)41-28-19(4)36(55-23(8)42)24-25(33(28)47)31(45)21(6)35-26(24)34(53-15-54-35)18(3)14-40(9,51)37(48)22(7)32(46)27(39(50)52-10)30(44)20(5)29(16)43/h11-14,16,20,22,27,30,32,37,44,46-48,51H,15H2,1-10H3,(H,41,49)/b12-11-,17-13+,18-14+/t16-,20+,22-,27+,30+,32+,37+,40+/m0/s1. The van der Waals surface area contributed by atoms with E-state index in [0.29, 0.717) is 0 Å². The predicted molar refractivity (Wildman–Crippen MR) is 197 cm³/mol. The third-order valence-electron chi connectivity index (χ3n) is 10.4. The fourth-order valence-electron chi connectivity index (χ4n) is 7.13. The van der Waals surface area contributed by atoms with E-state index < -0.39 is 89.5 Å². The predicted octanol–water partition coefficient (Wildman–Crippen LogP) is 3.31. The van der Waals surface area contributed by atoms with Crippen molar-refractivity contribution in [2.24, 2.45) is 23.7 Å². The van der Waals surface area contributed by atoms with E-state index in [1.54, 1.807) is 0 Å². The number of ether oxygens (including phenoxy) is 4. The number of aromatic hydroxyl groups is 1. The highest BCUT2D eigenvalue weighted by Crippen LogP contribution is 2.53. The number of carbonyl (C=O) groups is 5. The van der Waals surface area contributed by atoms with Crippen LogP contribution < -0.4 is 10.1 Å². The third-order valence-corrected chi connectivity index (χ3v) is 10.4. The van der Waals surface area contributed by atoms with E-state index in [9.17, 15) is 49.5 Å². The number of ketones is 2. The van der Waals surface area contributed by atoms with Gasteiger partial charge in [0.1, 0.15) is 34.6 Å². The summed E-state index contributed by atoms with van der Waals surface area (Å²) in [5.74, 6) is -9.80. The molecule has 5 rings (SSSR count). The highest BCUT2D eigenvalue weighted by molar-refractivity contribution is 6.21. The van der Waals surface area contributed by atoms with Crippen LogP contribution in [0.3, 0.4) is 0 Å². The second-order valence-electron chi connectivity index (χ2n) is 14.5. The molecule has 6 N–H and O–H groups in total. The maximum Gasteiger partial charge on any atom is 0.313 e. The van der Waals surface area contributed by atoms with Gasteiger partial charge in [-0.2, -0.15) is 0 Å². The number of benzene rings is 1. The molecule has 1 amide bonds. The average molecular weight is 768 g/mol. The fraction of sp³-hybridized carbons (Fsp3) is 0.475. The van der Waals surface area contributed by atoms with Crippen LogP contribution in [-0.2, 0) is 33.4 Å². The topological polar surface area (TPSA) is 235 Å². The summed E-state index contributed by atoms with van der Waals surface area (Å²) in [6.45, 7) is 12.0. The number of allylic oxidation sites excluding steroid dienone is 6. The van der Waals surface area contributed by atoms with Crippen molar-refractivity contribution in [1.29, 1.82) is 0 Å². The maximum absolute atomic E-state index is 14.0. The Bertz CT molecular complexity index is 1960. The van der Waals surface area contributed by atoms with E-state index in [1.165, 1.54) is 79.7 Å². The van der Waals surface area contributed by atoms with Crippen molar-refractivity contribution in [3.05, 3.63) is 69.2 Å². The fourth-order valence-corrected chi connectivity index (χ4v) is 7.13. The molecule has 8 atom stereocenters. The monoisotopic (exact) mass is 767 g/mol. The van der Waals surface area contributed by atoms with Gasteiger partial charge in [-0.1, -0.05) is 39.0 Å². The van der Waals surface area contributed by atoms with E-state index in [4.69, 9.17) is 18.9 Å². The number of aliphatic hydroxyl groups is 4. The summed E-state index contributed by atoms with van der Waals surface area (Å²) < 4.78 is 22.2. The molecule has 4 bridgehead atoms. The van der Waals surface area contributed by atoms with Gasteiger partial charge in [0.05, 0.1) is 42.2 Å². The largest absolute Gasteiger partial charge is 0.505 e. The summed E-state index contributed by atoms with van der Waals surface area (Å²) in [6.07, 6.45) is 0.0247. The van der Waals surface area contributed by atoms with Crippen molar-refractivity contribution in [1.82, 2.24) is 0 Å². The lowest BCUT2D eigenvalue weighted by Crippen LogP contribution is -2.52. The maximum atomic E-state index is 14.0. The zero-order valence-electron chi connectivity index (χ0n) is 32.5. The number of phenols is 1. The quantitative estimate of drug-likeness (QED) is 0.144. The zero-order valence-corrected chi connectivity index (χ0v) is 32.5. The van der Waals surface area contributed by atoms with Crippen LogP contribution in [-0.4, -0.2) is 92.8 Å². The molecule has 0 saturated carbocycles. The van der Waals surface area contributed by atoms with Gasteiger partial charge in [0.15, 0.2) is 11.5 Å². The minimum absolute atomic E-state index is 0.00714. The van der Waals surface area contributed by atoms with Crippen LogP contribution in [0.15, 0.2) is 52.5 Å². The Morgan fingerprint density at radius 1 is 0.945 bits per heavy atom. The Labute approximate surface area is 318 Å². The van der Waals surface area contributed by atoms with Gasteiger partial charge in [0.2, 0.25) is 6.79 Å². The molecular formula is C40H49NO14.